The van der Waals surface area contributed by atoms with Crippen LogP contribution in [0.5, 0.6) is 0 Å². The van der Waals surface area contributed by atoms with E-state index < -0.39 is 5.54 Å². The Morgan fingerprint density at radius 2 is 2.19 bits per heavy atom. The summed E-state index contributed by atoms with van der Waals surface area (Å²) in [6.45, 7) is 2.70. The van der Waals surface area contributed by atoms with Gasteiger partial charge < -0.3 is 15.8 Å². The van der Waals surface area contributed by atoms with E-state index in [1.807, 2.05) is 6.92 Å². The summed E-state index contributed by atoms with van der Waals surface area (Å²) in [5.74, 6) is -0.383. The molecule has 0 aliphatic heterocycles. The Morgan fingerprint density at radius 3 is 2.69 bits per heavy atom. The summed E-state index contributed by atoms with van der Waals surface area (Å²) in [5.41, 5.74) is 5.80. The van der Waals surface area contributed by atoms with Gasteiger partial charge in [-0.2, -0.15) is 0 Å². The third-order valence-electron chi connectivity index (χ3n) is 2.22. The Morgan fingerprint density at radius 1 is 1.50 bits per heavy atom. The smallest absolute Gasteiger partial charge is 0.126 e. The molecule has 0 saturated heterocycles. The molecule has 1 aromatic rings. The molecule has 0 bridgehead atoms. The molecule has 0 spiro atoms. The molecule has 5 heteroatoms. The third kappa shape index (κ3) is 3.63. The van der Waals surface area contributed by atoms with Crippen LogP contribution in [0, 0.1) is 5.82 Å². The predicted molar refractivity (Wildman–Crippen MR) is 64.4 cm³/mol. The Labute approximate surface area is 99.7 Å². The second-order valence-electron chi connectivity index (χ2n) is 3.98. The number of hydrogen-bond acceptors (Lipinski definition) is 3. The maximum Gasteiger partial charge on any atom is 0.126 e. The van der Waals surface area contributed by atoms with Crippen LogP contribution in [0.4, 0.5) is 10.1 Å². The molecule has 0 fully saturated rings. The van der Waals surface area contributed by atoms with Crippen molar-refractivity contribution in [3.63, 3.8) is 0 Å². The van der Waals surface area contributed by atoms with E-state index in [0.717, 1.165) is 0 Å². The van der Waals surface area contributed by atoms with Crippen LogP contribution in [0.1, 0.15) is 6.92 Å². The van der Waals surface area contributed by atoms with Gasteiger partial charge in [-0.1, -0.05) is 11.6 Å². The molecular formula is C11H16ClFN2O. The number of nitrogens with one attached hydrogen (secondary N) is 1. The number of nitrogens with two attached hydrogens (primary N) is 1. The Hall–Kier alpha value is -0.840. The molecule has 1 atom stereocenters. The lowest BCUT2D eigenvalue weighted by molar-refractivity contribution is 0.153. The van der Waals surface area contributed by atoms with Crippen molar-refractivity contribution in [2.45, 2.75) is 12.5 Å². The number of hydrogen-bond donors (Lipinski definition) is 2. The molecular weight excluding hydrogens is 231 g/mol. The van der Waals surface area contributed by atoms with Gasteiger partial charge in [0.15, 0.2) is 0 Å². The third-order valence-corrected chi connectivity index (χ3v) is 2.44. The minimum atomic E-state index is -0.439. The molecule has 0 aliphatic rings. The summed E-state index contributed by atoms with van der Waals surface area (Å²) < 4.78 is 18.2. The van der Waals surface area contributed by atoms with Gasteiger partial charge >= 0.3 is 0 Å². The fourth-order valence-electron chi connectivity index (χ4n) is 1.44. The molecule has 1 aromatic carbocycles. The lowest BCUT2D eigenvalue weighted by Crippen LogP contribution is -2.46. The largest absolute Gasteiger partial charge is 0.382 e. The molecule has 16 heavy (non-hydrogen) atoms. The summed E-state index contributed by atoms with van der Waals surface area (Å²) in [6, 6.07) is 4.27. The van der Waals surface area contributed by atoms with E-state index in [1.54, 1.807) is 13.2 Å². The van der Waals surface area contributed by atoms with Crippen LogP contribution in [0.15, 0.2) is 18.2 Å². The van der Waals surface area contributed by atoms with Crippen LogP contribution >= 0.6 is 11.6 Å². The van der Waals surface area contributed by atoms with Crippen molar-refractivity contribution >= 4 is 17.3 Å². The van der Waals surface area contributed by atoms with Gasteiger partial charge in [0.2, 0.25) is 0 Å². The highest BCUT2D eigenvalue weighted by Gasteiger charge is 2.22. The number of methoxy groups -OCH3 is 1. The van der Waals surface area contributed by atoms with Crippen molar-refractivity contribution in [3.8, 4) is 0 Å². The number of anilines is 1. The maximum absolute atomic E-state index is 13.1. The second kappa shape index (κ2) is 5.48. The zero-order valence-corrected chi connectivity index (χ0v) is 10.1. The molecule has 3 nitrogen and oxygen atoms in total. The summed E-state index contributed by atoms with van der Waals surface area (Å²) in [5, 5.41) is 3.46. The normalized spacial score (nSPS) is 14.6. The van der Waals surface area contributed by atoms with Crippen LogP contribution in [0.2, 0.25) is 5.02 Å². The summed E-state index contributed by atoms with van der Waals surface area (Å²) in [4.78, 5) is 0. The van der Waals surface area contributed by atoms with Gasteiger partial charge in [0.1, 0.15) is 5.82 Å². The van der Waals surface area contributed by atoms with E-state index in [0.29, 0.717) is 23.9 Å². The standard InChI is InChI=1S/C11H16ClFN2O/c1-11(6-14,7-16-2)15-10-4-8(12)3-9(13)5-10/h3-5,15H,6-7,14H2,1-2H3. The first-order valence-corrected chi connectivity index (χ1v) is 5.30. The van der Waals surface area contributed by atoms with Crippen molar-refractivity contribution < 1.29 is 9.13 Å². The molecule has 0 aliphatic carbocycles. The molecule has 90 valence electrons. The maximum atomic E-state index is 13.1. The second-order valence-corrected chi connectivity index (χ2v) is 4.42. The fraction of sp³-hybridized carbons (Fsp3) is 0.455. The van der Waals surface area contributed by atoms with Crippen LogP contribution in [-0.2, 0) is 4.74 Å². The molecule has 3 N–H and O–H groups in total. The highest BCUT2D eigenvalue weighted by atomic mass is 35.5. The van der Waals surface area contributed by atoms with E-state index in [2.05, 4.69) is 5.32 Å². The first kappa shape index (κ1) is 13.2. The van der Waals surface area contributed by atoms with Crippen molar-refractivity contribution in [3.05, 3.63) is 29.0 Å². The fourth-order valence-corrected chi connectivity index (χ4v) is 1.66. The van der Waals surface area contributed by atoms with Crippen molar-refractivity contribution in [1.82, 2.24) is 0 Å². The van der Waals surface area contributed by atoms with Gasteiger partial charge in [-0.05, 0) is 25.1 Å². The Bertz CT molecular complexity index is 342. The van der Waals surface area contributed by atoms with Gasteiger partial charge in [0.05, 0.1) is 12.1 Å². The van der Waals surface area contributed by atoms with E-state index in [4.69, 9.17) is 22.1 Å². The minimum absolute atomic E-state index is 0.347. The molecule has 0 saturated carbocycles. The average Bonchev–Trinajstić information content (AvgIpc) is 2.16. The molecule has 1 unspecified atom stereocenters. The number of benzene rings is 1. The van der Waals surface area contributed by atoms with Gasteiger partial charge in [0, 0.05) is 24.4 Å². The van der Waals surface area contributed by atoms with Gasteiger partial charge in [-0.15, -0.1) is 0 Å². The average molecular weight is 247 g/mol. The first-order valence-electron chi connectivity index (χ1n) is 4.92. The van der Waals surface area contributed by atoms with Crippen LogP contribution < -0.4 is 11.1 Å². The van der Waals surface area contributed by atoms with Crippen LogP contribution in [-0.4, -0.2) is 25.8 Å². The summed E-state index contributed by atoms with van der Waals surface area (Å²) in [6.07, 6.45) is 0. The number of ether oxygens (including phenoxy) is 1. The SMILES string of the molecule is COCC(C)(CN)Nc1cc(F)cc(Cl)c1. The number of halogens is 2. The topological polar surface area (TPSA) is 47.3 Å². The van der Waals surface area contributed by atoms with E-state index in [1.165, 1.54) is 12.1 Å². The Balaban J connectivity index is 2.85. The molecule has 1 rings (SSSR count). The highest BCUT2D eigenvalue weighted by Crippen LogP contribution is 2.21. The Kier molecular flexibility index (Phi) is 4.53. The van der Waals surface area contributed by atoms with E-state index in [-0.39, 0.29) is 5.82 Å². The minimum Gasteiger partial charge on any atom is -0.382 e. The molecule has 0 amide bonds. The van der Waals surface area contributed by atoms with Gasteiger partial charge in [0.25, 0.3) is 0 Å². The van der Waals surface area contributed by atoms with Crippen molar-refractivity contribution in [2.24, 2.45) is 5.73 Å². The highest BCUT2D eigenvalue weighted by molar-refractivity contribution is 6.30. The van der Waals surface area contributed by atoms with Gasteiger partial charge in [-0.25, -0.2) is 4.39 Å². The monoisotopic (exact) mass is 246 g/mol. The molecule has 0 aromatic heterocycles. The summed E-state index contributed by atoms with van der Waals surface area (Å²) in [7, 11) is 1.59. The van der Waals surface area contributed by atoms with Crippen molar-refractivity contribution in [1.29, 1.82) is 0 Å². The van der Waals surface area contributed by atoms with Crippen LogP contribution in [0.25, 0.3) is 0 Å². The predicted octanol–water partition coefficient (Wildman–Crippen LogP) is 2.25. The zero-order chi connectivity index (χ0) is 12.2. The lowest BCUT2D eigenvalue weighted by Gasteiger charge is -2.29. The van der Waals surface area contributed by atoms with Crippen molar-refractivity contribution in [2.75, 3.05) is 25.6 Å². The lowest BCUT2D eigenvalue weighted by atomic mass is 10.0. The molecule has 0 heterocycles. The first-order chi connectivity index (χ1) is 7.49. The van der Waals surface area contributed by atoms with E-state index in [9.17, 15) is 4.39 Å². The van der Waals surface area contributed by atoms with Gasteiger partial charge in [-0.3, -0.25) is 0 Å². The molecule has 0 radical (unpaired) electrons. The van der Waals surface area contributed by atoms with E-state index >= 15 is 0 Å². The summed E-state index contributed by atoms with van der Waals surface area (Å²) >= 11 is 5.76. The number of rotatable bonds is 5. The van der Waals surface area contributed by atoms with Crippen LogP contribution in [0.3, 0.4) is 0 Å². The zero-order valence-electron chi connectivity index (χ0n) is 9.39. The quantitative estimate of drug-likeness (QED) is 0.838.